The van der Waals surface area contributed by atoms with Gasteiger partial charge >= 0.3 is 6.09 Å². The molecule has 3 saturated heterocycles. The number of fused-ring (bicyclic) bond motifs is 2. The number of likely N-dealkylation sites (tertiary alicyclic amines) is 1. The summed E-state index contributed by atoms with van der Waals surface area (Å²) in [5, 5.41) is 0. The van der Waals surface area contributed by atoms with Crippen LogP contribution in [-0.4, -0.2) is 58.3 Å². The monoisotopic (exact) mass is 393 g/mol. The molecule has 4 heterocycles. The summed E-state index contributed by atoms with van der Waals surface area (Å²) in [7, 11) is 0. The van der Waals surface area contributed by atoms with Gasteiger partial charge in [0.2, 0.25) is 0 Å². The molecule has 6 heteroatoms. The summed E-state index contributed by atoms with van der Waals surface area (Å²) in [6.45, 7) is 2.55. The SMILES string of the molecule is O=C(OC1CN(Cc2ccccc2)C1)N1C2CCC1CC(Oc1ccncc1)C2. The van der Waals surface area contributed by atoms with Crippen LogP contribution in [0.25, 0.3) is 0 Å². The molecule has 0 spiro atoms. The Labute approximate surface area is 171 Å². The molecule has 2 unspecified atom stereocenters. The minimum absolute atomic E-state index is 0.0106. The Kier molecular flexibility index (Phi) is 5.10. The average molecular weight is 393 g/mol. The van der Waals surface area contributed by atoms with Gasteiger partial charge in [-0.2, -0.15) is 0 Å². The molecule has 1 aromatic carbocycles. The third kappa shape index (κ3) is 4.08. The summed E-state index contributed by atoms with van der Waals surface area (Å²) in [5.41, 5.74) is 1.30. The lowest BCUT2D eigenvalue weighted by molar-refractivity contribution is -0.0433. The number of benzene rings is 1. The van der Waals surface area contributed by atoms with Crippen LogP contribution in [0.5, 0.6) is 5.75 Å². The van der Waals surface area contributed by atoms with Gasteiger partial charge in [0, 0.05) is 57.0 Å². The topological polar surface area (TPSA) is 54.9 Å². The quantitative estimate of drug-likeness (QED) is 0.779. The Hall–Kier alpha value is -2.60. The number of amides is 1. The molecular weight excluding hydrogens is 366 g/mol. The Balaban J connectivity index is 1.10. The number of pyridine rings is 1. The van der Waals surface area contributed by atoms with Crippen molar-refractivity contribution >= 4 is 6.09 Å². The predicted molar refractivity (Wildman–Crippen MR) is 109 cm³/mol. The molecule has 0 radical (unpaired) electrons. The van der Waals surface area contributed by atoms with Gasteiger partial charge in [-0.25, -0.2) is 4.79 Å². The number of hydrogen-bond donors (Lipinski definition) is 0. The second-order valence-electron chi connectivity index (χ2n) is 8.37. The molecule has 2 bridgehead atoms. The lowest BCUT2D eigenvalue weighted by Gasteiger charge is -2.42. The Bertz CT molecular complexity index is 812. The smallest absolute Gasteiger partial charge is 0.410 e. The van der Waals surface area contributed by atoms with E-state index in [1.54, 1.807) is 12.4 Å². The zero-order valence-electron chi connectivity index (χ0n) is 16.5. The van der Waals surface area contributed by atoms with Gasteiger partial charge in [-0.15, -0.1) is 0 Å². The van der Waals surface area contributed by atoms with Gasteiger partial charge in [0.25, 0.3) is 0 Å². The van der Waals surface area contributed by atoms with Crippen LogP contribution in [0, 0.1) is 0 Å². The summed E-state index contributed by atoms with van der Waals surface area (Å²) >= 11 is 0. The van der Waals surface area contributed by atoms with E-state index in [-0.39, 0.29) is 30.4 Å². The standard InChI is InChI=1S/C23H27N3O3/c27-23(29-22-15-25(16-22)14-17-4-2-1-3-5-17)26-18-6-7-19(26)13-21(12-18)28-20-8-10-24-11-9-20/h1-5,8-11,18-19,21-22H,6-7,12-16H2. The molecule has 2 aromatic rings. The van der Waals surface area contributed by atoms with Crippen LogP contribution >= 0.6 is 0 Å². The average Bonchev–Trinajstić information content (AvgIpc) is 2.99. The summed E-state index contributed by atoms with van der Waals surface area (Å²) in [6.07, 6.45) is 7.36. The number of carbonyl (C=O) groups is 1. The third-order valence-corrected chi connectivity index (χ3v) is 6.29. The zero-order chi connectivity index (χ0) is 19.6. The van der Waals surface area contributed by atoms with Crippen molar-refractivity contribution in [1.29, 1.82) is 0 Å². The van der Waals surface area contributed by atoms with E-state index in [1.807, 2.05) is 23.1 Å². The second kappa shape index (κ2) is 8.03. The van der Waals surface area contributed by atoms with Gasteiger partial charge in [0.1, 0.15) is 18.0 Å². The van der Waals surface area contributed by atoms with E-state index >= 15 is 0 Å². The number of piperidine rings is 1. The van der Waals surface area contributed by atoms with Crippen molar-refractivity contribution in [2.75, 3.05) is 13.1 Å². The molecule has 0 saturated carbocycles. The predicted octanol–water partition coefficient (Wildman–Crippen LogP) is 3.48. The molecule has 2 atom stereocenters. The first-order chi connectivity index (χ1) is 14.2. The minimum Gasteiger partial charge on any atom is -0.490 e. The van der Waals surface area contributed by atoms with Crippen LogP contribution in [0.4, 0.5) is 4.79 Å². The number of ether oxygens (including phenoxy) is 2. The number of rotatable bonds is 5. The van der Waals surface area contributed by atoms with E-state index in [4.69, 9.17) is 9.47 Å². The molecule has 29 heavy (non-hydrogen) atoms. The number of hydrogen-bond acceptors (Lipinski definition) is 5. The molecule has 1 amide bonds. The van der Waals surface area contributed by atoms with Gasteiger partial charge in [0.15, 0.2) is 0 Å². The molecule has 3 aliphatic heterocycles. The molecule has 0 aliphatic carbocycles. The first kappa shape index (κ1) is 18.4. The second-order valence-corrected chi connectivity index (χ2v) is 8.37. The lowest BCUT2D eigenvalue weighted by Crippen LogP contribution is -2.56. The van der Waals surface area contributed by atoms with Gasteiger partial charge in [0.05, 0.1) is 0 Å². The highest BCUT2D eigenvalue weighted by molar-refractivity contribution is 5.69. The normalized spacial score (nSPS) is 26.8. The summed E-state index contributed by atoms with van der Waals surface area (Å²) in [4.78, 5) is 21.2. The van der Waals surface area contributed by atoms with Gasteiger partial charge in [-0.3, -0.25) is 9.88 Å². The van der Waals surface area contributed by atoms with Crippen molar-refractivity contribution < 1.29 is 14.3 Å². The van der Waals surface area contributed by atoms with Crippen LogP contribution in [-0.2, 0) is 11.3 Å². The molecular formula is C23H27N3O3. The van der Waals surface area contributed by atoms with Crippen molar-refractivity contribution in [2.24, 2.45) is 0 Å². The highest BCUT2D eigenvalue weighted by Crippen LogP contribution is 2.38. The largest absolute Gasteiger partial charge is 0.490 e. The van der Waals surface area contributed by atoms with E-state index < -0.39 is 0 Å². The zero-order valence-corrected chi connectivity index (χ0v) is 16.5. The van der Waals surface area contributed by atoms with E-state index in [1.165, 1.54) is 5.56 Å². The maximum absolute atomic E-state index is 12.8. The van der Waals surface area contributed by atoms with Gasteiger partial charge in [-0.1, -0.05) is 30.3 Å². The van der Waals surface area contributed by atoms with Crippen LogP contribution in [0.2, 0.25) is 0 Å². The number of carbonyl (C=O) groups excluding carboxylic acids is 1. The molecule has 152 valence electrons. The fourth-order valence-corrected chi connectivity index (χ4v) is 4.90. The number of nitrogens with zero attached hydrogens (tertiary/aromatic N) is 3. The summed E-state index contributed by atoms with van der Waals surface area (Å²) in [5.74, 6) is 0.855. The maximum Gasteiger partial charge on any atom is 0.410 e. The van der Waals surface area contributed by atoms with E-state index in [2.05, 4.69) is 34.1 Å². The van der Waals surface area contributed by atoms with Gasteiger partial charge in [-0.05, 0) is 30.5 Å². The van der Waals surface area contributed by atoms with Crippen molar-refractivity contribution in [2.45, 2.75) is 56.5 Å². The highest BCUT2D eigenvalue weighted by atomic mass is 16.6. The third-order valence-electron chi connectivity index (χ3n) is 6.29. The summed E-state index contributed by atoms with van der Waals surface area (Å²) < 4.78 is 11.9. The van der Waals surface area contributed by atoms with Crippen LogP contribution in [0.1, 0.15) is 31.2 Å². The van der Waals surface area contributed by atoms with Crippen LogP contribution < -0.4 is 4.74 Å². The molecule has 5 rings (SSSR count). The van der Waals surface area contributed by atoms with Crippen molar-refractivity contribution in [3.8, 4) is 5.75 Å². The Morgan fingerprint density at radius 2 is 1.66 bits per heavy atom. The van der Waals surface area contributed by atoms with Crippen LogP contribution in [0.3, 0.4) is 0 Å². The van der Waals surface area contributed by atoms with Crippen LogP contribution in [0.15, 0.2) is 54.9 Å². The van der Waals surface area contributed by atoms with Crippen molar-refractivity contribution in [3.63, 3.8) is 0 Å². The molecule has 0 N–H and O–H groups in total. The van der Waals surface area contributed by atoms with E-state index in [0.717, 1.165) is 51.1 Å². The Morgan fingerprint density at radius 3 is 2.34 bits per heavy atom. The van der Waals surface area contributed by atoms with E-state index in [0.29, 0.717) is 0 Å². The summed E-state index contributed by atoms with van der Waals surface area (Å²) in [6, 6.07) is 14.7. The van der Waals surface area contributed by atoms with Gasteiger partial charge < -0.3 is 14.4 Å². The highest BCUT2D eigenvalue weighted by Gasteiger charge is 2.46. The van der Waals surface area contributed by atoms with E-state index in [9.17, 15) is 4.79 Å². The van der Waals surface area contributed by atoms with Crippen molar-refractivity contribution in [3.05, 3.63) is 60.4 Å². The first-order valence-electron chi connectivity index (χ1n) is 10.6. The lowest BCUT2D eigenvalue weighted by atomic mass is 10.00. The molecule has 3 fully saturated rings. The fraction of sp³-hybridized carbons (Fsp3) is 0.478. The molecule has 1 aromatic heterocycles. The number of aromatic nitrogens is 1. The van der Waals surface area contributed by atoms with Crippen molar-refractivity contribution in [1.82, 2.24) is 14.8 Å². The Morgan fingerprint density at radius 1 is 0.966 bits per heavy atom. The minimum atomic E-state index is -0.135. The maximum atomic E-state index is 12.8. The molecule has 6 nitrogen and oxygen atoms in total. The fourth-order valence-electron chi connectivity index (χ4n) is 4.90. The molecule has 3 aliphatic rings. The first-order valence-corrected chi connectivity index (χ1v) is 10.6.